The maximum atomic E-state index is 12.0. The highest BCUT2D eigenvalue weighted by atomic mass is 16.5. The maximum absolute atomic E-state index is 12.0. The van der Waals surface area contributed by atoms with Crippen molar-refractivity contribution < 1.29 is 13.9 Å². The minimum absolute atomic E-state index is 0.00953. The van der Waals surface area contributed by atoms with Crippen molar-refractivity contribution in [2.24, 2.45) is 0 Å². The lowest BCUT2D eigenvalue weighted by Gasteiger charge is -2.06. The molecule has 0 fully saturated rings. The number of ether oxygens (including phenoxy) is 1. The highest BCUT2D eigenvalue weighted by Gasteiger charge is 2.10. The summed E-state index contributed by atoms with van der Waals surface area (Å²) in [6.07, 6.45) is 2.99. The first-order valence-corrected chi connectivity index (χ1v) is 9.48. The van der Waals surface area contributed by atoms with E-state index in [-0.39, 0.29) is 5.91 Å². The van der Waals surface area contributed by atoms with E-state index in [1.165, 1.54) is 5.56 Å². The Morgan fingerprint density at radius 1 is 0.929 bits per heavy atom. The second-order valence-electron chi connectivity index (χ2n) is 6.49. The zero-order valence-corrected chi connectivity index (χ0v) is 16.1. The zero-order chi connectivity index (χ0) is 19.6. The lowest BCUT2D eigenvalue weighted by Crippen LogP contribution is -2.25. The fourth-order valence-electron chi connectivity index (χ4n) is 2.94. The molecule has 1 aromatic heterocycles. The van der Waals surface area contributed by atoms with Crippen molar-refractivity contribution in [3.05, 3.63) is 77.5 Å². The molecule has 6 nitrogen and oxygen atoms in total. The van der Waals surface area contributed by atoms with Gasteiger partial charge in [-0.1, -0.05) is 48.5 Å². The molecule has 3 aromatic rings. The van der Waals surface area contributed by atoms with Gasteiger partial charge in [-0.2, -0.15) is 0 Å². The Kier molecular flexibility index (Phi) is 7.18. The number of aromatic nitrogens is 2. The number of benzene rings is 2. The molecule has 6 heteroatoms. The van der Waals surface area contributed by atoms with Crippen LogP contribution in [0, 0.1) is 0 Å². The first-order valence-electron chi connectivity index (χ1n) is 9.48. The molecule has 28 heavy (non-hydrogen) atoms. The SMILES string of the molecule is COc1ccccc1CCc1nnc(CCC(=O)NCCc2ccccc2)o1. The third-order valence-corrected chi connectivity index (χ3v) is 4.45. The van der Waals surface area contributed by atoms with Crippen molar-refractivity contribution in [2.75, 3.05) is 13.7 Å². The summed E-state index contributed by atoms with van der Waals surface area (Å²) in [6.45, 7) is 0.622. The molecule has 0 spiro atoms. The van der Waals surface area contributed by atoms with Crippen LogP contribution >= 0.6 is 0 Å². The van der Waals surface area contributed by atoms with E-state index >= 15 is 0 Å². The standard InChI is InChI=1S/C22H25N3O3/c1-27-19-10-6-5-9-18(19)11-13-21-24-25-22(28-21)14-12-20(26)23-16-15-17-7-3-2-4-8-17/h2-10H,11-16H2,1H3,(H,23,26). The normalized spacial score (nSPS) is 10.6. The van der Waals surface area contributed by atoms with Gasteiger partial charge in [0.05, 0.1) is 7.11 Å². The average Bonchev–Trinajstić information content (AvgIpc) is 3.19. The van der Waals surface area contributed by atoms with E-state index < -0.39 is 0 Å². The van der Waals surface area contributed by atoms with E-state index in [4.69, 9.17) is 9.15 Å². The molecule has 0 atom stereocenters. The summed E-state index contributed by atoms with van der Waals surface area (Å²) in [5, 5.41) is 11.0. The number of rotatable bonds is 10. The van der Waals surface area contributed by atoms with Gasteiger partial charge in [-0.25, -0.2) is 0 Å². The lowest BCUT2D eigenvalue weighted by molar-refractivity contribution is -0.121. The largest absolute Gasteiger partial charge is 0.496 e. The highest BCUT2D eigenvalue weighted by molar-refractivity contribution is 5.75. The van der Waals surface area contributed by atoms with Crippen molar-refractivity contribution in [3.8, 4) is 5.75 Å². The molecule has 0 aliphatic carbocycles. The number of nitrogens with one attached hydrogen (secondary N) is 1. The van der Waals surface area contributed by atoms with Gasteiger partial charge in [0.25, 0.3) is 0 Å². The summed E-state index contributed by atoms with van der Waals surface area (Å²) in [5.41, 5.74) is 2.31. The zero-order valence-electron chi connectivity index (χ0n) is 16.1. The van der Waals surface area contributed by atoms with Gasteiger partial charge in [-0.3, -0.25) is 4.79 Å². The quantitative estimate of drug-likeness (QED) is 0.585. The molecule has 1 amide bonds. The minimum Gasteiger partial charge on any atom is -0.496 e. The molecule has 1 heterocycles. The number of carbonyl (C=O) groups excluding carboxylic acids is 1. The summed E-state index contributed by atoms with van der Waals surface area (Å²) < 4.78 is 11.0. The van der Waals surface area contributed by atoms with Gasteiger partial charge in [-0.15, -0.1) is 10.2 Å². The fourth-order valence-corrected chi connectivity index (χ4v) is 2.94. The second kappa shape index (κ2) is 10.3. The van der Waals surface area contributed by atoms with E-state index in [0.29, 0.717) is 37.6 Å². The van der Waals surface area contributed by atoms with Gasteiger partial charge in [0.15, 0.2) is 0 Å². The molecule has 1 N–H and O–H groups in total. The van der Waals surface area contributed by atoms with E-state index in [0.717, 1.165) is 24.2 Å². The van der Waals surface area contributed by atoms with Gasteiger partial charge < -0.3 is 14.5 Å². The van der Waals surface area contributed by atoms with Crippen molar-refractivity contribution >= 4 is 5.91 Å². The van der Waals surface area contributed by atoms with E-state index in [1.807, 2.05) is 42.5 Å². The molecule has 0 aliphatic heterocycles. The molecule has 0 aliphatic rings. The topological polar surface area (TPSA) is 77.2 Å². The van der Waals surface area contributed by atoms with Crippen LogP contribution in [0.15, 0.2) is 59.0 Å². The fraction of sp³-hybridized carbons (Fsp3) is 0.318. The van der Waals surface area contributed by atoms with Gasteiger partial charge in [-0.05, 0) is 30.0 Å². The van der Waals surface area contributed by atoms with Crippen LogP contribution in [0.1, 0.15) is 29.3 Å². The molecular formula is C22H25N3O3. The summed E-state index contributed by atoms with van der Waals surface area (Å²) in [7, 11) is 1.66. The number of carbonyl (C=O) groups is 1. The second-order valence-corrected chi connectivity index (χ2v) is 6.49. The summed E-state index contributed by atoms with van der Waals surface area (Å²) in [6, 6.07) is 18.0. The number of aryl methyl sites for hydroxylation is 3. The van der Waals surface area contributed by atoms with Crippen LogP contribution in [0.2, 0.25) is 0 Å². The lowest BCUT2D eigenvalue weighted by atomic mass is 10.1. The summed E-state index contributed by atoms with van der Waals surface area (Å²) in [5.74, 6) is 1.91. The molecule has 3 rings (SSSR count). The predicted molar refractivity (Wildman–Crippen MR) is 106 cm³/mol. The Hall–Kier alpha value is -3.15. The van der Waals surface area contributed by atoms with Crippen molar-refractivity contribution in [2.45, 2.75) is 32.1 Å². The molecular weight excluding hydrogens is 354 g/mol. The number of hydrogen-bond acceptors (Lipinski definition) is 5. The Labute approximate surface area is 164 Å². The van der Waals surface area contributed by atoms with Crippen molar-refractivity contribution in [1.82, 2.24) is 15.5 Å². The number of hydrogen-bond donors (Lipinski definition) is 1. The molecule has 146 valence electrons. The number of nitrogens with zero attached hydrogens (tertiary/aromatic N) is 2. The Balaban J connectivity index is 1.39. The summed E-state index contributed by atoms with van der Waals surface area (Å²) in [4.78, 5) is 12.0. The smallest absolute Gasteiger partial charge is 0.220 e. The molecule has 0 saturated heterocycles. The Bertz CT molecular complexity index is 877. The highest BCUT2D eigenvalue weighted by Crippen LogP contribution is 2.19. The van der Waals surface area contributed by atoms with E-state index in [2.05, 4.69) is 27.6 Å². The van der Waals surface area contributed by atoms with Crippen LogP contribution in [0.5, 0.6) is 5.75 Å². The van der Waals surface area contributed by atoms with Crippen LogP contribution in [0.25, 0.3) is 0 Å². The van der Waals surface area contributed by atoms with Crippen molar-refractivity contribution in [1.29, 1.82) is 0 Å². The first kappa shape index (κ1) is 19.6. The predicted octanol–water partition coefficient (Wildman–Crippen LogP) is 3.15. The van der Waals surface area contributed by atoms with Gasteiger partial charge in [0, 0.05) is 25.8 Å². The van der Waals surface area contributed by atoms with Crippen molar-refractivity contribution in [3.63, 3.8) is 0 Å². The minimum atomic E-state index is -0.00953. The van der Waals surface area contributed by atoms with Gasteiger partial charge in [0.2, 0.25) is 17.7 Å². The van der Waals surface area contributed by atoms with E-state index in [1.54, 1.807) is 7.11 Å². The van der Waals surface area contributed by atoms with Gasteiger partial charge in [0.1, 0.15) is 5.75 Å². The monoisotopic (exact) mass is 379 g/mol. The number of para-hydroxylation sites is 1. The molecule has 0 saturated carbocycles. The van der Waals surface area contributed by atoms with Crippen LogP contribution in [0.3, 0.4) is 0 Å². The molecule has 0 radical (unpaired) electrons. The third-order valence-electron chi connectivity index (χ3n) is 4.45. The Morgan fingerprint density at radius 3 is 2.43 bits per heavy atom. The average molecular weight is 379 g/mol. The number of methoxy groups -OCH3 is 1. The van der Waals surface area contributed by atoms with Crippen LogP contribution in [-0.2, 0) is 30.5 Å². The maximum Gasteiger partial charge on any atom is 0.220 e. The van der Waals surface area contributed by atoms with Crippen LogP contribution in [0.4, 0.5) is 0 Å². The van der Waals surface area contributed by atoms with Crippen LogP contribution in [-0.4, -0.2) is 29.8 Å². The van der Waals surface area contributed by atoms with E-state index in [9.17, 15) is 4.79 Å². The summed E-state index contributed by atoms with van der Waals surface area (Å²) >= 11 is 0. The first-order chi connectivity index (χ1) is 13.7. The van der Waals surface area contributed by atoms with Crippen LogP contribution < -0.4 is 10.1 Å². The molecule has 0 bridgehead atoms. The molecule has 2 aromatic carbocycles. The van der Waals surface area contributed by atoms with Gasteiger partial charge >= 0.3 is 0 Å². The molecule has 0 unspecified atom stereocenters. The Morgan fingerprint density at radius 2 is 1.64 bits per heavy atom. The third kappa shape index (κ3) is 5.94. The number of amides is 1.